The molecule has 1 aliphatic rings. The van der Waals surface area contributed by atoms with Gasteiger partial charge in [-0.15, -0.1) is 0 Å². The minimum atomic E-state index is -0.331. The van der Waals surface area contributed by atoms with Gasteiger partial charge in [-0.1, -0.05) is 35.6 Å². The summed E-state index contributed by atoms with van der Waals surface area (Å²) >= 11 is 6.76. The van der Waals surface area contributed by atoms with Crippen molar-refractivity contribution in [2.75, 3.05) is 5.32 Å². The average Bonchev–Trinajstić information content (AvgIpc) is 2.93. The van der Waals surface area contributed by atoms with E-state index in [2.05, 4.69) is 15.6 Å². The highest BCUT2D eigenvalue weighted by atomic mass is 32.1. The summed E-state index contributed by atoms with van der Waals surface area (Å²) in [6.07, 6.45) is 3.11. The molecule has 7 heteroatoms. The average molecular weight is 340 g/mol. The summed E-state index contributed by atoms with van der Waals surface area (Å²) < 4.78 is 2.54. The Labute approximate surface area is 141 Å². The lowest BCUT2D eigenvalue weighted by atomic mass is 10.2. The number of carbonyl (C=O) groups excluding carboxylic acids is 1. The van der Waals surface area contributed by atoms with Gasteiger partial charge in [0.15, 0.2) is 3.95 Å². The molecular formula is C16H12N4OS2. The van der Waals surface area contributed by atoms with Crippen LogP contribution in [0.1, 0.15) is 21.4 Å². The van der Waals surface area contributed by atoms with Crippen LogP contribution >= 0.6 is 23.6 Å². The van der Waals surface area contributed by atoms with Gasteiger partial charge >= 0.3 is 0 Å². The van der Waals surface area contributed by atoms with Gasteiger partial charge < -0.3 is 10.6 Å². The molecule has 0 aliphatic carbocycles. The normalized spacial score (nSPS) is 16.3. The maximum Gasteiger partial charge on any atom is 0.267 e. The van der Waals surface area contributed by atoms with Crippen LogP contribution in [0.5, 0.6) is 0 Å². The molecule has 1 aliphatic heterocycles. The van der Waals surface area contributed by atoms with Crippen LogP contribution in [0, 0.1) is 3.95 Å². The fraction of sp³-hybridized carbons (Fsp3) is 0.0625. The summed E-state index contributed by atoms with van der Waals surface area (Å²) in [7, 11) is 0. The highest BCUT2D eigenvalue weighted by Gasteiger charge is 2.29. The molecule has 0 unspecified atom stereocenters. The Morgan fingerprint density at radius 3 is 2.70 bits per heavy atom. The van der Waals surface area contributed by atoms with E-state index in [4.69, 9.17) is 12.2 Å². The molecule has 2 aromatic heterocycles. The van der Waals surface area contributed by atoms with Crippen LogP contribution in [-0.2, 0) is 0 Å². The standard InChI is InChI=1S/C16H12N4OS2/c21-15-12-14(18-13(19-15)10-5-4-8-17-9-10)20(16(22)23-12)11-6-2-1-3-7-11/h1-9,13,18H,(H,19,21)/t13-/m1/s1. The first-order chi connectivity index (χ1) is 11.2. The Morgan fingerprint density at radius 2 is 1.96 bits per heavy atom. The molecule has 23 heavy (non-hydrogen) atoms. The number of hydrogen-bond acceptors (Lipinski definition) is 5. The molecule has 0 bridgehead atoms. The lowest BCUT2D eigenvalue weighted by Crippen LogP contribution is -2.38. The van der Waals surface area contributed by atoms with Crippen LogP contribution < -0.4 is 10.6 Å². The largest absolute Gasteiger partial charge is 0.346 e. The van der Waals surface area contributed by atoms with E-state index < -0.39 is 0 Å². The summed E-state index contributed by atoms with van der Waals surface area (Å²) in [5.74, 6) is 0.599. The first-order valence-electron chi connectivity index (χ1n) is 7.02. The maximum atomic E-state index is 12.4. The van der Waals surface area contributed by atoms with Crippen LogP contribution in [0.4, 0.5) is 5.82 Å². The maximum absolute atomic E-state index is 12.4. The fourth-order valence-corrected chi connectivity index (χ4v) is 3.86. The smallest absolute Gasteiger partial charge is 0.267 e. The van der Waals surface area contributed by atoms with E-state index in [-0.39, 0.29) is 12.1 Å². The van der Waals surface area contributed by atoms with E-state index in [9.17, 15) is 4.79 Å². The third-order valence-corrected chi connectivity index (χ3v) is 4.98. The molecule has 5 nitrogen and oxygen atoms in total. The molecule has 0 saturated carbocycles. The van der Waals surface area contributed by atoms with Crippen molar-refractivity contribution >= 4 is 35.3 Å². The number of nitrogens with zero attached hydrogens (tertiary/aromatic N) is 2. The van der Waals surface area contributed by atoms with Crippen LogP contribution in [0.3, 0.4) is 0 Å². The third kappa shape index (κ3) is 2.43. The molecule has 4 rings (SSSR count). The molecule has 114 valence electrons. The minimum Gasteiger partial charge on any atom is -0.346 e. The number of anilines is 1. The SMILES string of the molecule is O=C1N[C@H](c2cccnc2)Nc2c1sc(=S)n2-c1ccccc1. The van der Waals surface area contributed by atoms with E-state index in [1.807, 2.05) is 47.0 Å². The van der Waals surface area contributed by atoms with E-state index in [0.717, 1.165) is 17.1 Å². The summed E-state index contributed by atoms with van der Waals surface area (Å²) in [5.41, 5.74) is 1.82. The fourth-order valence-electron chi connectivity index (χ4n) is 2.55. The Kier molecular flexibility index (Phi) is 3.44. The van der Waals surface area contributed by atoms with Crippen molar-refractivity contribution in [1.82, 2.24) is 14.9 Å². The molecule has 1 amide bonds. The van der Waals surface area contributed by atoms with Gasteiger partial charge in [0.25, 0.3) is 5.91 Å². The number of benzene rings is 1. The number of nitrogens with one attached hydrogen (secondary N) is 2. The second-order valence-electron chi connectivity index (χ2n) is 5.05. The monoisotopic (exact) mass is 340 g/mol. The summed E-state index contributed by atoms with van der Waals surface area (Å²) in [4.78, 5) is 17.2. The quantitative estimate of drug-likeness (QED) is 0.701. The summed E-state index contributed by atoms with van der Waals surface area (Å²) in [6, 6.07) is 13.5. The topological polar surface area (TPSA) is 59.0 Å². The molecule has 0 radical (unpaired) electrons. The number of aromatic nitrogens is 2. The second-order valence-corrected chi connectivity index (χ2v) is 6.70. The summed E-state index contributed by atoms with van der Waals surface area (Å²) in [6.45, 7) is 0. The van der Waals surface area contributed by atoms with E-state index in [1.54, 1.807) is 12.4 Å². The van der Waals surface area contributed by atoms with Gasteiger partial charge in [-0.05, 0) is 30.4 Å². The number of carbonyl (C=O) groups is 1. The molecular weight excluding hydrogens is 328 g/mol. The molecule has 0 saturated heterocycles. The number of amides is 1. The van der Waals surface area contributed by atoms with Crippen molar-refractivity contribution in [3.8, 4) is 5.69 Å². The Morgan fingerprint density at radius 1 is 1.13 bits per heavy atom. The summed E-state index contributed by atoms with van der Waals surface area (Å²) in [5, 5.41) is 6.31. The Hall–Kier alpha value is -2.51. The van der Waals surface area contributed by atoms with E-state index >= 15 is 0 Å². The number of rotatable bonds is 2. The lowest BCUT2D eigenvalue weighted by Gasteiger charge is -2.26. The zero-order chi connectivity index (χ0) is 15.8. The zero-order valence-corrected chi connectivity index (χ0v) is 13.5. The Balaban J connectivity index is 1.83. The van der Waals surface area contributed by atoms with Crippen molar-refractivity contribution in [2.45, 2.75) is 6.17 Å². The molecule has 3 heterocycles. The van der Waals surface area contributed by atoms with Crippen LogP contribution in [0.15, 0.2) is 54.9 Å². The highest BCUT2D eigenvalue weighted by molar-refractivity contribution is 7.73. The minimum absolute atomic E-state index is 0.126. The predicted octanol–water partition coefficient (Wildman–Crippen LogP) is 3.52. The molecule has 1 atom stereocenters. The molecule has 0 spiro atoms. The van der Waals surface area contributed by atoms with Gasteiger partial charge in [0.2, 0.25) is 0 Å². The van der Waals surface area contributed by atoms with E-state index in [1.165, 1.54) is 11.3 Å². The van der Waals surface area contributed by atoms with Crippen molar-refractivity contribution in [2.24, 2.45) is 0 Å². The first-order valence-corrected chi connectivity index (χ1v) is 8.25. The number of pyridine rings is 1. The number of fused-ring (bicyclic) bond motifs is 1. The van der Waals surface area contributed by atoms with Crippen LogP contribution in [-0.4, -0.2) is 15.5 Å². The zero-order valence-electron chi connectivity index (χ0n) is 11.9. The number of hydrogen-bond donors (Lipinski definition) is 2. The van der Waals surface area contributed by atoms with Gasteiger partial charge in [0, 0.05) is 23.6 Å². The lowest BCUT2D eigenvalue weighted by molar-refractivity contribution is 0.0939. The van der Waals surface area contributed by atoms with Gasteiger partial charge in [-0.25, -0.2) is 0 Å². The van der Waals surface area contributed by atoms with Gasteiger partial charge in [0.05, 0.1) is 0 Å². The van der Waals surface area contributed by atoms with Crippen molar-refractivity contribution in [3.63, 3.8) is 0 Å². The van der Waals surface area contributed by atoms with Crippen molar-refractivity contribution < 1.29 is 4.79 Å². The highest BCUT2D eigenvalue weighted by Crippen LogP contribution is 2.34. The Bertz CT molecular complexity index is 918. The van der Waals surface area contributed by atoms with Gasteiger partial charge in [-0.3, -0.25) is 14.3 Å². The van der Waals surface area contributed by atoms with E-state index in [0.29, 0.717) is 8.83 Å². The van der Waals surface area contributed by atoms with Crippen molar-refractivity contribution in [1.29, 1.82) is 0 Å². The first kappa shape index (κ1) is 14.1. The molecule has 1 aromatic carbocycles. The van der Waals surface area contributed by atoms with Crippen molar-refractivity contribution in [3.05, 3.63) is 69.3 Å². The van der Waals surface area contributed by atoms with Crippen LogP contribution in [0.25, 0.3) is 5.69 Å². The second kappa shape index (κ2) is 5.60. The van der Waals surface area contributed by atoms with Gasteiger partial charge in [0.1, 0.15) is 16.9 Å². The molecule has 3 aromatic rings. The molecule has 2 N–H and O–H groups in total. The molecule has 0 fully saturated rings. The predicted molar refractivity (Wildman–Crippen MR) is 92.5 cm³/mol. The number of para-hydroxylation sites is 1. The van der Waals surface area contributed by atoms with Gasteiger partial charge in [-0.2, -0.15) is 0 Å². The third-order valence-electron chi connectivity index (χ3n) is 3.61. The number of thiazole rings is 1. The van der Waals surface area contributed by atoms with Crippen LogP contribution in [0.2, 0.25) is 0 Å².